The minimum atomic E-state index is -6.36. The van der Waals surface area contributed by atoms with Crippen LogP contribution in [0.1, 0.15) is 32.6 Å². The molecule has 0 saturated carbocycles. The van der Waals surface area contributed by atoms with Gasteiger partial charge in [0.15, 0.2) is 0 Å². The molecule has 0 N–H and O–H groups in total. The molecule has 2 nitrogen and oxygen atoms in total. The van der Waals surface area contributed by atoms with Crippen molar-refractivity contribution < 1.29 is 44.0 Å². The van der Waals surface area contributed by atoms with E-state index in [9.17, 15) is 35.1 Å². The molecular formula is C23H26F8O2Si. The minimum Gasteiger partial charge on any atom is -0.388 e. The topological polar surface area (TPSA) is 18.5 Å². The van der Waals surface area contributed by atoms with Gasteiger partial charge in [-0.1, -0.05) is 86.8 Å². The number of benzene rings is 2. The first-order valence-corrected chi connectivity index (χ1v) is 12.5. The quantitative estimate of drug-likeness (QED) is 0.174. The summed E-state index contributed by atoms with van der Waals surface area (Å²) in [6.45, 7) is -0.229. The third kappa shape index (κ3) is 5.98. The van der Waals surface area contributed by atoms with Gasteiger partial charge in [-0.15, -0.1) is 0 Å². The van der Waals surface area contributed by atoms with Crippen LogP contribution >= 0.6 is 0 Å². The summed E-state index contributed by atoms with van der Waals surface area (Å²) in [5.41, 5.74) is 0. The van der Waals surface area contributed by atoms with E-state index < -0.39 is 39.4 Å². The van der Waals surface area contributed by atoms with Crippen molar-refractivity contribution in [2.24, 2.45) is 0 Å². The fourth-order valence-electron chi connectivity index (χ4n) is 3.27. The Kier molecular flexibility index (Phi) is 9.67. The van der Waals surface area contributed by atoms with E-state index in [0.29, 0.717) is 6.42 Å². The monoisotopic (exact) mass is 514 g/mol. The molecular weight excluding hydrogens is 488 g/mol. The maximum Gasteiger partial charge on any atom is 0.407 e. The summed E-state index contributed by atoms with van der Waals surface area (Å²) >= 11 is 0. The highest BCUT2D eigenvalue weighted by Gasteiger charge is 2.75. The van der Waals surface area contributed by atoms with Gasteiger partial charge in [-0.05, 0) is 16.8 Å². The van der Waals surface area contributed by atoms with Crippen LogP contribution in [0.4, 0.5) is 35.1 Å². The first-order chi connectivity index (χ1) is 15.9. The molecule has 2 aromatic carbocycles. The molecule has 0 radical (unpaired) electrons. The summed E-state index contributed by atoms with van der Waals surface area (Å²) in [6, 6.07) is 15.5. The van der Waals surface area contributed by atoms with Gasteiger partial charge in [-0.25, -0.2) is 8.78 Å². The molecule has 0 amide bonds. The average molecular weight is 515 g/mol. The summed E-state index contributed by atoms with van der Waals surface area (Å²) in [4.78, 5) is 0. The number of halogens is 8. The molecule has 0 unspecified atom stereocenters. The average Bonchev–Trinajstić information content (AvgIpc) is 2.82. The Morgan fingerprint density at radius 3 is 1.68 bits per heavy atom. The van der Waals surface area contributed by atoms with E-state index >= 15 is 0 Å². The van der Waals surface area contributed by atoms with E-state index in [1.807, 2.05) is 6.92 Å². The Balaban J connectivity index is 2.46. The van der Waals surface area contributed by atoms with Crippen LogP contribution in [0.25, 0.3) is 0 Å². The Bertz CT molecular complexity index is 826. The molecule has 11 heteroatoms. The molecule has 0 aromatic heterocycles. The van der Waals surface area contributed by atoms with Crippen molar-refractivity contribution >= 4 is 18.9 Å². The van der Waals surface area contributed by atoms with Crippen molar-refractivity contribution in [2.45, 2.75) is 56.8 Å². The fourth-order valence-corrected chi connectivity index (χ4v) is 6.43. The summed E-state index contributed by atoms with van der Waals surface area (Å²) in [7, 11) is -4.13. The van der Waals surface area contributed by atoms with Crippen LogP contribution < -0.4 is 10.4 Å². The highest BCUT2D eigenvalue weighted by molar-refractivity contribution is 6.92. The van der Waals surface area contributed by atoms with Gasteiger partial charge in [0.25, 0.3) is 0 Å². The molecule has 0 fully saturated rings. The normalized spacial score (nSPS) is 13.5. The van der Waals surface area contributed by atoms with Gasteiger partial charge < -0.3 is 8.85 Å². The summed E-state index contributed by atoms with van der Waals surface area (Å²) < 4.78 is 120. The Labute approximate surface area is 194 Å². The van der Waals surface area contributed by atoms with Gasteiger partial charge in [0.05, 0.1) is 0 Å². The molecule has 2 rings (SSSR count). The second kappa shape index (κ2) is 11.6. The van der Waals surface area contributed by atoms with Crippen LogP contribution in [0.15, 0.2) is 60.7 Å². The second-order valence-electron chi connectivity index (χ2n) is 7.75. The Morgan fingerprint density at radius 2 is 1.24 bits per heavy atom. The molecule has 190 valence electrons. The zero-order chi connectivity index (χ0) is 25.5. The SMILES string of the molecule is CCCCCCO[Si](OCC(F)(F)C(F)(F)C(F)(F)C(F)F)(c1ccccc1)c1ccccc1. The molecule has 0 bridgehead atoms. The first kappa shape index (κ1) is 28.3. The van der Waals surface area contributed by atoms with Crippen LogP contribution in [0.5, 0.6) is 0 Å². The molecule has 0 atom stereocenters. The maximum absolute atomic E-state index is 14.4. The van der Waals surface area contributed by atoms with Crippen molar-refractivity contribution in [1.82, 2.24) is 0 Å². The standard InChI is InChI=1S/C23H26F8O2Si/c1-2-3-4-11-16-32-34(18-12-7-5-8-13-18,19-14-9-6-10-15-19)33-17-21(26,27)23(30,31)22(28,29)20(24)25/h5-10,12-15,20H,2-4,11,16-17H2,1H3. The predicted molar refractivity (Wildman–Crippen MR) is 115 cm³/mol. The maximum atomic E-state index is 14.4. The largest absolute Gasteiger partial charge is 0.407 e. The second-order valence-corrected chi connectivity index (χ2v) is 10.7. The van der Waals surface area contributed by atoms with Gasteiger partial charge in [0.2, 0.25) is 0 Å². The summed E-state index contributed by atoms with van der Waals surface area (Å²) in [5, 5.41) is 0.549. The molecule has 34 heavy (non-hydrogen) atoms. The van der Waals surface area contributed by atoms with E-state index in [0.717, 1.165) is 19.3 Å². The minimum absolute atomic E-state index is 0.0329. The van der Waals surface area contributed by atoms with Crippen molar-refractivity contribution in [3.05, 3.63) is 60.7 Å². The third-order valence-corrected chi connectivity index (χ3v) is 8.57. The fraction of sp³-hybridized carbons (Fsp3) is 0.478. The Hall–Kier alpha value is -1.98. The molecule has 0 aliphatic carbocycles. The highest BCUT2D eigenvalue weighted by atomic mass is 28.4. The smallest absolute Gasteiger partial charge is 0.388 e. The van der Waals surface area contributed by atoms with Crippen molar-refractivity contribution in [3.8, 4) is 0 Å². The summed E-state index contributed by atoms with van der Waals surface area (Å²) in [6.07, 6.45) is -1.94. The van der Waals surface area contributed by atoms with Crippen LogP contribution in [-0.4, -0.2) is 46.0 Å². The molecule has 0 heterocycles. The van der Waals surface area contributed by atoms with Crippen LogP contribution in [-0.2, 0) is 8.85 Å². The molecule has 0 spiro atoms. The number of hydrogen-bond donors (Lipinski definition) is 0. The van der Waals surface area contributed by atoms with Crippen molar-refractivity contribution in [1.29, 1.82) is 0 Å². The van der Waals surface area contributed by atoms with Crippen LogP contribution in [0.3, 0.4) is 0 Å². The number of unbranched alkanes of at least 4 members (excludes halogenated alkanes) is 3. The van der Waals surface area contributed by atoms with Crippen molar-refractivity contribution in [2.75, 3.05) is 13.2 Å². The van der Waals surface area contributed by atoms with Crippen LogP contribution in [0.2, 0.25) is 0 Å². The van der Waals surface area contributed by atoms with E-state index in [1.165, 1.54) is 24.3 Å². The van der Waals surface area contributed by atoms with E-state index in [4.69, 9.17) is 8.85 Å². The zero-order valence-corrected chi connectivity index (χ0v) is 19.4. The van der Waals surface area contributed by atoms with Crippen molar-refractivity contribution in [3.63, 3.8) is 0 Å². The number of alkyl halides is 8. The molecule has 0 saturated heterocycles. The van der Waals surface area contributed by atoms with E-state index in [2.05, 4.69) is 0 Å². The number of rotatable bonds is 14. The lowest BCUT2D eigenvalue weighted by Gasteiger charge is -2.36. The van der Waals surface area contributed by atoms with Gasteiger partial charge in [0, 0.05) is 6.61 Å². The lowest BCUT2D eigenvalue weighted by Crippen LogP contribution is -2.66. The van der Waals surface area contributed by atoms with Gasteiger partial charge in [0.1, 0.15) is 6.61 Å². The predicted octanol–water partition coefficient (Wildman–Crippen LogP) is 6.03. The molecule has 2 aromatic rings. The lowest BCUT2D eigenvalue weighted by molar-refractivity contribution is -0.343. The van der Waals surface area contributed by atoms with E-state index in [1.54, 1.807) is 36.4 Å². The molecule has 0 aliphatic heterocycles. The van der Waals surface area contributed by atoms with Gasteiger partial charge in [-0.2, -0.15) is 26.3 Å². The summed E-state index contributed by atoms with van der Waals surface area (Å²) in [5.74, 6) is -18.2. The number of hydrogen-bond acceptors (Lipinski definition) is 2. The highest BCUT2D eigenvalue weighted by Crippen LogP contribution is 2.48. The zero-order valence-electron chi connectivity index (χ0n) is 18.4. The lowest BCUT2D eigenvalue weighted by atomic mass is 10.1. The van der Waals surface area contributed by atoms with Gasteiger partial charge >= 0.3 is 32.8 Å². The molecule has 0 aliphatic rings. The first-order valence-electron chi connectivity index (χ1n) is 10.7. The van der Waals surface area contributed by atoms with E-state index in [-0.39, 0.29) is 17.0 Å². The van der Waals surface area contributed by atoms with Gasteiger partial charge in [-0.3, -0.25) is 0 Å². The van der Waals surface area contributed by atoms with Crippen LogP contribution in [0, 0.1) is 0 Å². The third-order valence-electron chi connectivity index (χ3n) is 5.22. The Morgan fingerprint density at radius 1 is 0.735 bits per heavy atom.